The van der Waals surface area contributed by atoms with E-state index in [1.807, 2.05) is 24.8 Å². The Balaban J connectivity index is 1.87. The van der Waals surface area contributed by atoms with Gasteiger partial charge in [0, 0.05) is 17.9 Å². The lowest BCUT2D eigenvalue weighted by Crippen LogP contribution is -2.47. The first-order chi connectivity index (χ1) is 15.8. The second kappa shape index (κ2) is 10.9. The van der Waals surface area contributed by atoms with Gasteiger partial charge in [-0.15, -0.1) is 0 Å². The molecule has 0 radical (unpaired) electrons. The Morgan fingerprint density at radius 2 is 1.88 bits per heavy atom. The van der Waals surface area contributed by atoms with E-state index in [4.69, 9.17) is 40.2 Å². The molecule has 0 fully saturated rings. The number of carbonyl (C=O) groups is 2. The molecule has 0 aromatic heterocycles. The van der Waals surface area contributed by atoms with E-state index in [1.54, 1.807) is 43.3 Å². The predicted octanol–water partition coefficient (Wildman–Crippen LogP) is 5.73. The number of benzene rings is 2. The summed E-state index contributed by atoms with van der Waals surface area (Å²) >= 11 is 17.7. The summed E-state index contributed by atoms with van der Waals surface area (Å²) in [4.78, 5) is 27.2. The third kappa shape index (κ3) is 5.58. The van der Waals surface area contributed by atoms with Crippen molar-refractivity contribution < 1.29 is 14.3 Å². The highest BCUT2D eigenvalue weighted by molar-refractivity contribution is 7.80. The van der Waals surface area contributed by atoms with Crippen LogP contribution < -0.4 is 16.0 Å². The SMILES string of the molecule is CCOC(=O)C1=C(C)N(CC)C(=S)NC1c1cccc(NC(=O)Nc2cccc(Cl)c2Cl)c1. The maximum absolute atomic E-state index is 12.8. The Hall–Kier alpha value is -2.81. The monoisotopic (exact) mass is 506 g/mol. The Morgan fingerprint density at radius 3 is 2.58 bits per heavy atom. The molecular formula is C23H24Cl2N4O3S. The number of thiocarbonyl (C=S) groups is 1. The van der Waals surface area contributed by atoms with Crippen LogP contribution in [-0.2, 0) is 9.53 Å². The van der Waals surface area contributed by atoms with Gasteiger partial charge in [0.2, 0.25) is 0 Å². The summed E-state index contributed by atoms with van der Waals surface area (Å²) in [6, 6.07) is 11.1. The van der Waals surface area contributed by atoms with Gasteiger partial charge < -0.3 is 25.6 Å². The molecule has 33 heavy (non-hydrogen) atoms. The zero-order valence-corrected chi connectivity index (χ0v) is 20.7. The molecule has 2 amide bonds. The number of hydrogen-bond donors (Lipinski definition) is 3. The molecule has 2 aromatic rings. The van der Waals surface area contributed by atoms with Gasteiger partial charge in [-0.2, -0.15) is 0 Å². The maximum atomic E-state index is 12.8. The number of anilines is 2. The van der Waals surface area contributed by atoms with E-state index < -0.39 is 18.0 Å². The van der Waals surface area contributed by atoms with Gasteiger partial charge in [-0.05, 0) is 62.8 Å². The number of urea groups is 1. The molecule has 174 valence electrons. The largest absolute Gasteiger partial charge is 0.463 e. The van der Waals surface area contributed by atoms with Crippen LogP contribution in [0.1, 0.15) is 32.4 Å². The molecule has 0 aliphatic carbocycles. The third-order valence-electron chi connectivity index (χ3n) is 5.09. The van der Waals surface area contributed by atoms with Gasteiger partial charge in [-0.25, -0.2) is 9.59 Å². The lowest BCUT2D eigenvalue weighted by atomic mass is 9.94. The molecule has 0 spiro atoms. The average molecular weight is 507 g/mol. The highest BCUT2D eigenvalue weighted by Crippen LogP contribution is 2.33. The van der Waals surface area contributed by atoms with Crippen LogP contribution in [0.2, 0.25) is 10.0 Å². The second-order valence-electron chi connectivity index (χ2n) is 7.15. The Morgan fingerprint density at radius 1 is 1.15 bits per heavy atom. The van der Waals surface area contributed by atoms with Crippen LogP contribution in [0.3, 0.4) is 0 Å². The van der Waals surface area contributed by atoms with E-state index in [0.29, 0.717) is 33.6 Å². The van der Waals surface area contributed by atoms with E-state index in [2.05, 4.69) is 16.0 Å². The van der Waals surface area contributed by atoms with Crippen LogP contribution in [0.15, 0.2) is 53.7 Å². The van der Waals surface area contributed by atoms with Gasteiger partial charge in [0.05, 0.1) is 34.0 Å². The molecule has 1 atom stereocenters. The zero-order chi connectivity index (χ0) is 24.1. The van der Waals surface area contributed by atoms with Crippen molar-refractivity contribution in [1.29, 1.82) is 0 Å². The average Bonchev–Trinajstić information content (AvgIpc) is 2.77. The molecule has 1 unspecified atom stereocenters. The molecule has 10 heteroatoms. The molecule has 2 aromatic carbocycles. The Kier molecular flexibility index (Phi) is 8.18. The summed E-state index contributed by atoms with van der Waals surface area (Å²) in [5.41, 5.74) is 2.86. The van der Waals surface area contributed by atoms with Crippen molar-refractivity contribution in [1.82, 2.24) is 10.2 Å². The van der Waals surface area contributed by atoms with E-state index in [0.717, 1.165) is 11.3 Å². The van der Waals surface area contributed by atoms with Gasteiger partial charge in [0.15, 0.2) is 5.11 Å². The number of esters is 1. The Bertz CT molecular complexity index is 1120. The van der Waals surface area contributed by atoms with Crippen molar-refractivity contribution in [3.63, 3.8) is 0 Å². The standard InChI is InChI=1S/C23H24Cl2N4O3S/c1-4-29-13(3)18(21(30)32-5-2)20(28-23(29)33)14-8-6-9-15(12-14)26-22(31)27-17-11-7-10-16(24)19(17)25/h6-12,20H,4-5H2,1-3H3,(H,28,33)(H2,26,27,31). The van der Waals surface area contributed by atoms with Crippen LogP contribution in [-0.4, -0.2) is 35.2 Å². The fourth-order valence-corrected chi connectivity index (χ4v) is 4.30. The minimum atomic E-state index is -0.522. The first-order valence-corrected chi connectivity index (χ1v) is 11.5. The number of halogens is 2. The maximum Gasteiger partial charge on any atom is 0.338 e. The summed E-state index contributed by atoms with van der Waals surface area (Å²) in [6.07, 6.45) is 0. The summed E-state index contributed by atoms with van der Waals surface area (Å²) in [5.74, 6) is -0.417. The van der Waals surface area contributed by atoms with Crippen LogP contribution >= 0.6 is 35.4 Å². The molecule has 0 bridgehead atoms. The number of nitrogens with zero attached hydrogens (tertiary/aromatic N) is 1. The lowest BCUT2D eigenvalue weighted by Gasteiger charge is -2.37. The topological polar surface area (TPSA) is 82.7 Å². The van der Waals surface area contributed by atoms with Crippen molar-refractivity contribution in [2.75, 3.05) is 23.8 Å². The molecule has 1 aliphatic heterocycles. The first kappa shape index (κ1) is 24.8. The third-order valence-corrected chi connectivity index (χ3v) is 6.24. The van der Waals surface area contributed by atoms with Gasteiger partial charge in [-0.1, -0.05) is 41.4 Å². The molecular weight excluding hydrogens is 483 g/mol. The normalized spacial score (nSPS) is 15.7. The first-order valence-electron chi connectivity index (χ1n) is 10.3. The molecule has 3 N–H and O–H groups in total. The predicted molar refractivity (Wildman–Crippen MR) is 136 cm³/mol. The number of hydrogen-bond acceptors (Lipinski definition) is 4. The van der Waals surface area contributed by atoms with Crippen molar-refractivity contribution in [2.45, 2.75) is 26.8 Å². The molecule has 1 aliphatic rings. The van der Waals surface area contributed by atoms with Gasteiger partial charge >= 0.3 is 12.0 Å². The van der Waals surface area contributed by atoms with Crippen molar-refractivity contribution in [3.8, 4) is 0 Å². The minimum Gasteiger partial charge on any atom is -0.463 e. The van der Waals surface area contributed by atoms with Crippen molar-refractivity contribution in [2.24, 2.45) is 0 Å². The van der Waals surface area contributed by atoms with Gasteiger partial charge in [0.25, 0.3) is 0 Å². The van der Waals surface area contributed by atoms with Crippen molar-refractivity contribution >= 4 is 63.9 Å². The highest BCUT2D eigenvalue weighted by Gasteiger charge is 2.34. The smallest absolute Gasteiger partial charge is 0.338 e. The molecule has 0 saturated carbocycles. The summed E-state index contributed by atoms with van der Waals surface area (Å²) in [7, 11) is 0. The summed E-state index contributed by atoms with van der Waals surface area (Å²) < 4.78 is 5.30. The van der Waals surface area contributed by atoms with E-state index >= 15 is 0 Å². The zero-order valence-electron chi connectivity index (χ0n) is 18.4. The van der Waals surface area contributed by atoms with Crippen LogP contribution in [0.25, 0.3) is 0 Å². The highest BCUT2D eigenvalue weighted by atomic mass is 35.5. The van der Waals surface area contributed by atoms with E-state index in [1.165, 1.54) is 0 Å². The Labute approximate surface area is 208 Å². The molecule has 7 nitrogen and oxygen atoms in total. The fourth-order valence-electron chi connectivity index (χ4n) is 3.57. The minimum absolute atomic E-state index is 0.253. The molecule has 3 rings (SSSR count). The quantitative estimate of drug-likeness (QED) is 0.343. The number of amides is 2. The summed E-state index contributed by atoms with van der Waals surface area (Å²) in [6.45, 7) is 6.43. The number of ether oxygens (including phenoxy) is 1. The number of nitrogens with one attached hydrogen (secondary N) is 3. The number of allylic oxidation sites excluding steroid dienone is 1. The molecule has 1 heterocycles. The van der Waals surface area contributed by atoms with Crippen LogP contribution in [0, 0.1) is 0 Å². The van der Waals surface area contributed by atoms with Crippen LogP contribution in [0.4, 0.5) is 16.2 Å². The summed E-state index contributed by atoms with van der Waals surface area (Å²) in [5, 5.41) is 9.78. The van der Waals surface area contributed by atoms with Gasteiger partial charge in [-0.3, -0.25) is 0 Å². The van der Waals surface area contributed by atoms with Crippen molar-refractivity contribution in [3.05, 3.63) is 69.3 Å². The second-order valence-corrected chi connectivity index (χ2v) is 8.32. The fraction of sp³-hybridized carbons (Fsp3) is 0.261. The lowest BCUT2D eigenvalue weighted by molar-refractivity contribution is -0.139. The number of rotatable bonds is 6. The van der Waals surface area contributed by atoms with E-state index in [9.17, 15) is 9.59 Å². The molecule has 0 saturated heterocycles. The van der Waals surface area contributed by atoms with Crippen LogP contribution in [0.5, 0.6) is 0 Å². The van der Waals surface area contributed by atoms with Gasteiger partial charge in [0.1, 0.15) is 0 Å². The van der Waals surface area contributed by atoms with E-state index in [-0.39, 0.29) is 11.6 Å². The number of carbonyl (C=O) groups excluding carboxylic acids is 2.